The van der Waals surface area contributed by atoms with E-state index >= 15 is 0 Å². The Kier molecular flexibility index (Phi) is 5.75. The van der Waals surface area contributed by atoms with Crippen LogP contribution in [-0.4, -0.2) is 41.1 Å². The number of benzene rings is 1. The molecule has 1 heterocycles. The summed E-state index contributed by atoms with van der Waals surface area (Å²) >= 11 is 0. The third-order valence-corrected chi connectivity index (χ3v) is 3.74. The van der Waals surface area contributed by atoms with Crippen molar-refractivity contribution in [1.82, 2.24) is 4.90 Å². The van der Waals surface area contributed by atoms with Gasteiger partial charge >= 0.3 is 5.97 Å². The second-order valence-corrected chi connectivity index (χ2v) is 5.32. The quantitative estimate of drug-likeness (QED) is 0.820. The molecule has 1 aliphatic heterocycles. The number of para-hydroxylation sites is 1. The molecule has 1 aromatic carbocycles. The number of piperidine rings is 1. The van der Waals surface area contributed by atoms with Gasteiger partial charge in [-0.1, -0.05) is 12.1 Å². The highest BCUT2D eigenvalue weighted by Crippen LogP contribution is 2.19. The highest BCUT2D eigenvalue weighted by atomic mass is 19.1. The van der Waals surface area contributed by atoms with Gasteiger partial charge in [-0.15, -0.1) is 0 Å². The molecule has 0 spiro atoms. The predicted molar refractivity (Wildman–Crippen MR) is 78.1 cm³/mol. The van der Waals surface area contributed by atoms with Gasteiger partial charge in [-0.2, -0.15) is 0 Å². The van der Waals surface area contributed by atoms with E-state index in [0.717, 1.165) is 12.8 Å². The fraction of sp³-hybridized carbons (Fsp3) is 0.500. The Bertz CT molecular complexity index is 535. The van der Waals surface area contributed by atoms with Gasteiger partial charge in [0.15, 0.2) is 11.6 Å². The summed E-state index contributed by atoms with van der Waals surface area (Å²) in [5.41, 5.74) is 0. The summed E-state index contributed by atoms with van der Waals surface area (Å²) < 4.78 is 18.6. The molecular formula is C16H20FNO4. The average Bonchev–Trinajstić information content (AvgIpc) is 2.52. The van der Waals surface area contributed by atoms with Crippen molar-refractivity contribution in [2.75, 3.05) is 13.2 Å². The van der Waals surface area contributed by atoms with Crippen LogP contribution in [0, 0.1) is 5.82 Å². The van der Waals surface area contributed by atoms with Crippen molar-refractivity contribution in [2.24, 2.45) is 0 Å². The number of hydrogen-bond acceptors (Lipinski definition) is 3. The maximum absolute atomic E-state index is 13.3. The molecule has 22 heavy (non-hydrogen) atoms. The van der Waals surface area contributed by atoms with Gasteiger partial charge in [0.2, 0.25) is 5.91 Å². The lowest BCUT2D eigenvalue weighted by atomic mass is 10.0. The SMILES string of the molecule is O=C(O)C1CCCCN1C(=O)CCCOc1ccccc1F. The molecule has 1 unspecified atom stereocenters. The maximum Gasteiger partial charge on any atom is 0.326 e. The Labute approximate surface area is 128 Å². The minimum Gasteiger partial charge on any atom is -0.491 e. The maximum atomic E-state index is 13.3. The van der Waals surface area contributed by atoms with E-state index in [9.17, 15) is 14.0 Å². The molecule has 0 aliphatic carbocycles. The smallest absolute Gasteiger partial charge is 0.326 e. The van der Waals surface area contributed by atoms with E-state index in [-0.39, 0.29) is 24.7 Å². The molecule has 0 bridgehead atoms. The van der Waals surface area contributed by atoms with Gasteiger partial charge in [-0.25, -0.2) is 9.18 Å². The minimum absolute atomic E-state index is 0.163. The summed E-state index contributed by atoms with van der Waals surface area (Å²) in [5.74, 6) is -1.40. The van der Waals surface area contributed by atoms with Gasteiger partial charge in [0, 0.05) is 13.0 Å². The zero-order valence-electron chi connectivity index (χ0n) is 12.3. The Morgan fingerprint density at radius 1 is 1.32 bits per heavy atom. The van der Waals surface area contributed by atoms with Crippen LogP contribution in [0.1, 0.15) is 32.1 Å². The summed E-state index contributed by atoms with van der Waals surface area (Å²) in [6.07, 6.45) is 2.80. The van der Waals surface area contributed by atoms with Gasteiger partial charge in [-0.05, 0) is 37.8 Å². The molecule has 0 radical (unpaired) electrons. The molecule has 1 saturated heterocycles. The molecule has 1 atom stereocenters. The molecule has 1 aliphatic rings. The molecule has 2 rings (SSSR count). The van der Waals surface area contributed by atoms with Crippen molar-refractivity contribution in [3.8, 4) is 5.75 Å². The standard InChI is InChI=1S/C16H20FNO4/c17-12-6-1-2-8-14(12)22-11-5-9-15(19)18-10-4-3-7-13(18)16(20)21/h1-2,6,8,13H,3-5,7,9-11H2,(H,20,21). The van der Waals surface area contributed by atoms with E-state index in [2.05, 4.69) is 0 Å². The number of carboxylic acid groups (broad SMARTS) is 1. The molecule has 0 aromatic heterocycles. The van der Waals surface area contributed by atoms with Crippen LogP contribution in [0.15, 0.2) is 24.3 Å². The van der Waals surface area contributed by atoms with Crippen LogP contribution in [0.2, 0.25) is 0 Å². The number of halogens is 1. The van der Waals surface area contributed by atoms with Gasteiger partial charge in [-0.3, -0.25) is 4.79 Å². The second-order valence-electron chi connectivity index (χ2n) is 5.32. The number of carbonyl (C=O) groups excluding carboxylic acids is 1. The largest absolute Gasteiger partial charge is 0.491 e. The van der Waals surface area contributed by atoms with E-state index in [4.69, 9.17) is 9.84 Å². The molecule has 0 saturated carbocycles. The highest BCUT2D eigenvalue weighted by molar-refractivity contribution is 5.83. The summed E-state index contributed by atoms with van der Waals surface area (Å²) in [4.78, 5) is 24.7. The van der Waals surface area contributed by atoms with E-state index in [1.165, 1.54) is 17.0 Å². The molecule has 120 valence electrons. The number of carbonyl (C=O) groups is 2. The lowest BCUT2D eigenvalue weighted by Gasteiger charge is -2.33. The number of likely N-dealkylation sites (tertiary alicyclic amines) is 1. The molecule has 6 heteroatoms. The van der Waals surface area contributed by atoms with Crippen LogP contribution in [0.4, 0.5) is 4.39 Å². The van der Waals surface area contributed by atoms with Crippen molar-refractivity contribution in [1.29, 1.82) is 0 Å². The lowest BCUT2D eigenvalue weighted by molar-refractivity contribution is -0.152. The molecule has 5 nitrogen and oxygen atoms in total. The minimum atomic E-state index is -0.948. The van der Waals surface area contributed by atoms with Crippen LogP contribution in [0.5, 0.6) is 5.75 Å². The summed E-state index contributed by atoms with van der Waals surface area (Å²) in [6, 6.07) is 5.38. The van der Waals surface area contributed by atoms with Crippen LogP contribution < -0.4 is 4.74 Å². The summed E-state index contributed by atoms with van der Waals surface area (Å²) in [7, 11) is 0. The zero-order valence-corrected chi connectivity index (χ0v) is 12.3. The van der Waals surface area contributed by atoms with Gasteiger partial charge in [0.1, 0.15) is 6.04 Å². The predicted octanol–water partition coefficient (Wildman–Crippen LogP) is 2.45. The number of ether oxygens (including phenoxy) is 1. The Hall–Kier alpha value is -2.11. The number of amides is 1. The van der Waals surface area contributed by atoms with Crippen LogP contribution >= 0.6 is 0 Å². The monoisotopic (exact) mass is 309 g/mol. The van der Waals surface area contributed by atoms with Crippen molar-refractivity contribution < 1.29 is 23.8 Å². The number of nitrogens with zero attached hydrogens (tertiary/aromatic N) is 1. The molecule has 1 N–H and O–H groups in total. The molecule has 1 fully saturated rings. The molecule has 1 amide bonds. The fourth-order valence-electron chi connectivity index (χ4n) is 2.60. The first-order valence-corrected chi connectivity index (χ1v) is 7.49. The van der Waals surface area contributed by atoms with Crippen LogP contribution in [0.25, 0.3) is 0 Å². The Balaban J connectivity index is 1.77. The van der Waals surface area contributed by atoms with E-state index in [0.29, 0.717) is 19.4 Å². The normalized spacial score (nSPS) is 18.0. The second kappa shape index (κ2) is 7.77. The fourth-order valence-corrected chi connectivity index (χ4v) is 2.60. The Morgan fingerprint density at radius 3 is 2.82 bits per heavy atom. The average molecular weight is 309 g/mol. The number of aliphatic carboxylic acids is 1. The van der Waals surface area contributed by atoms with Gasteiger partial charge < -0.3 is 14.7 Å². The summed E-state index contributed by atoms with van der Waals surface area (Å²) in [5, 5.41) is 9.15. The van der Waals surface area contributed by atoms with E-state index in [1.54, 1.807) is 12.1 Å². The van der Waals surface area contributed by atoms with Gasteiger partial charge in [0.05, 0.1) is 6.61 Å². The Morgan fingerprint density at radius 2 is 2.09 bits per heavy atom. The van der Waals surface area contributed by atoms with Crippen molar-refractivity contribution in [2.45, 2.75) is 38.1 Å². The number of hydrogen-bond donors (Lipinski definition) is 1. The van der Waals surface area contributed by atoms with Crippen molar-refractivity contribution >= 4 is 11.9 Å². The topological polar surface area (TPSA) is 66.8 Å². The third kappa shape index (κ3) is 4.19. The first-order valence-electron chi connectivity index (χ1n) is 7.49. The van der Waals surface area contributed by atoms with Crippen LogP contribution in [-0.2, 0) is 9.59 Å². The van der Waals surface area contributed by atoms with Crippen molar-refractivity contribution in [3.63, 3.8) is 0 Å². The first kappa shape index (κ1) is 16.3. The summed E-state index contributed by atoms with van der Waals surface area (Å²) in [6.45, 7) is 0.711. The van der Waals surface area contributed by atoms with Gasteiger partial charge in [0.25, 0.3) is 0 Å². The third-order valence-electron chi connectivity index (χ3n) is 3.74. The first-order chi connectivity index (χ1) is 10.6. The van der Waals surface area contributed by atoms with Crippen LogP contribution in [0.3, 0.4) is 0 Å². The highest BCUT2D eigenvalue weighted by Gasteiger charge is 2.31. The number of rotatable bonds is 6. The zero-order chi connectivity index (χ0) is 15.9. The molecule has 1 aromatic rings. The van der Waals surface area contributed by atoms with E-state index in [1.807, 2.05) is 0 Å². The van der Waals surface area contributed by atoms with Crippen molar-refractivity contribution in [3.05, 3.63) is 30.1 Å². The molecular weight excluding hydrogens is 289 g/mol. The number of carboxylic acids is 1. The lowest BCUT2D eigenvalue weighted by Crippen LogP contribution is -2.47. The van der Waals surface area contributed by atoms with E-state index < -0.39 is 17.8 Å².